The van der Waals surface area contributed by atoms with Crippen molar-refractivity contribution < 1.29 is 23.8 Å². The van der Waals surface area contributed by atoms with Crippen LogP contribution in [0.1, 0.15) is 19.4 Å². The molecule has 2 aliphatic heterocycles. The van der Waals surface area contributed by atoms with Crippen LogP contribution in [0.15, 0.2) is 47.5 Å². The van der Waals surface area contributed by atoms with Crippen LogP contribution in [0, 0.1) is 0 Å². The van der Waals surface area contributed by atoms with E-state index >= 15 is 0 Å². The highest BCUT2D eigenvalue weighted by atomic mass is 16.7. The molecule has 29 heavy (non-hydrogen) atoms. The number of nitrogens with zero attached hydrogens (tertiary/aromatic N) is 2. The monoisotopic (exact) mass is 395 g/mol. The number of ether oxygens (including phenoxy) is 3. The molecular weight excluding hydrogens is 374 g/mol. The molecule has 2 aliphatic rings. The van der Waals surface area contributed by atoms with Gasteiger partial charge in [-0.05, 0) is 50.2 Å². The van der Waals surface area contributed by atoms with E-state index in [0.29, 0.717) is 34.2 Å². The van der Waals surface area contributed by atoms with E-state index in [9.17, 15) is 9.59 Å². The minimum absolute atomic E-state index is 0.122. The molecule has 1 N–H and O–H groups in total. The lowest BCUT2D eigenvalue weighted by Crippen LogP contribution is -2.46. The maximum absolute atomic E-state index is 13.0. The molecule has 0 fully saturated rings. The molecule has 0 spiro atoms. The zero-order valence-corrected chi connectivity index (χ0v) is 16.4. The molecule has 0 atom stereocenters. The third-order valence-electron chi connectivity index (χ3n) is 4.82. The number of benzene rings is 2. The Morgan fingerprint density at radius 3 is 2.62 bits per heavy atom. The quantitative estimate of drug-likeness (QED) is 0.840. The summed E-state index contributed by atoms with van der Waals surface area (Å²) in [4.78, 5) is 31.6. The molecule has 4 rings (SSSR count). The summed E-state index contributed by atoms with van der Waals surface area (Å²) in [5, 5.41) is 2.79. The van der Waals surface area contributed by atoms with E-state index in [1.54, 1.807) is 63.4 Å². The van der Waals surface area contributed by atoms with Crippen LogP contribution in [-0.4, -0.2) is 48.5 Å². The Balaban J connectivity index is 1.47. The van der Waals surface area contributed by atoms with E-state index in [4.69, 9.17) is 14.2 Å². The minimum atomic E-state index is -0.835. The highest BCUT2D eigenvalue weighted by Gasteiger charge is 2.41. The third-order valence-corrected chi connectivity index (χ3v) is 4.82. The van der Waals surface area contributed by atoms with E-state index in [-0.39, 0.29) is 25.2 Å². The Labute approximate surface area is 168 Å². The van der Waals surface area contributed by atoms with Gasteiger partial charge in [0.05, 0.1) is 7.11 Å². The van der Waals surface area contributed by atoms with Crippen LogP contribution < -0.4 is 19.5 Å². The second-order valence-electron chi connectivity index (χ2n) is 7.19. The van der Waals surface area contributed by atoms with E-state index in [2.05, 4.69) is 10.3 Å². The first-order valence-electron chi connectivity index (χ1n) is 9.13. The lowest BCUT2D eigenvalue weighted by atomic mass is 10.1. The molecule has 2 aromatic carbocycles. The van der Waals surface area contributed by atoms with Gasteiger partial charge in [-0.2, -0.15) is 0 Å². The molecule has 8 nitrogen and oxygen atoms in total. The average molecular weight is 395 g/mol. The standard InChI is InChI=1S/C21H21N3O5/c1-21(2)23-19(13-4-7-15(27-3)8-5-13)20(26)24(21)11-18(25)22-14-6-9-16-17(10-14)29-12-28-16/h4-10H,11-12H2,1-3H3,(H,22,25). The highest BCUT2D eigenvalue weighted by molar-refractivity contribution is 6.47. The number of amides is 2. The van der Waals surface area contributed by atoms with Crippen molar-refractivity contribution in [3.63, 3.8) is 0 Å². The summed E-state index contributed by atoms with van der Waals surface area (Å²) in [5.74, 6) is 1.29. The normalized spacial score (nSPS) is 16.6. The number of hydrogen-bond acceptors (Lipinski definition) is 6. The number of carbonyl (C=O) groups is 2. The zero-order chi connectivity index (χ0) is 20.6. The Hall–Kier alpha value is -3.55. The van der Waals surface area contributed by atoms with E-state index in [1.807, 2.05) is 0 Å². The molecule has 150 valence electrons. The molecule has 2 amide bonds. The smallest absolute Gasteiger partial charge is 0.275 e. The van der Waals surface area contributed by atoms with E-state index in [1.165, 1.54) is 4.90 Å². The second-order valence-corrected chi connectivity index (χ2v) is 7.19. The first-order chi connectivity index (χ1) is 13.9. The van der Waals surface area contributed by atoms with Crippen molar-refractivity contribution in [1.82, 2.24) is 4.90 Å². The number of fused-ring (bicyclic) bond motifs is 1. The van der Waals surface area contributed by atoms with Gasteiger partial charge in [0.1, 0.15) is 23.7 Å². The molecule has 2 aromatic rings. The van der Waals surface area contributed by atoms with Crippen LogP contribution in [0.4, 0.5) is 5.69 Å². The molecule has 8 heteroatoms. The van der Waals surface area contributed by atoms with Gasteiger partial charge in [-0.15, -0.1) is 0 Å². The van der Waals surface area contributed by atoms with Gasteiger partial charge >= 0.3 is 0 Å². The Morgan fingerprint density at radius 1 is 1.17 bits per heavy atom. The summed E-state index contributed by atoms with van der Waals surface area (Å²) in [5.41, 5.74) is 0.745. The Morgan fingerprint density at radius 2 is 1.90 bits per heavy atom. The van der Waals surface area contributed by atoms with E-state index in [0.717, 1.165) is 0 Å². The fourth-order valence-corrected chi connectivity index (χ4v) is 3.28. The fraction of sp³-hybridized carbons (Fsp3) is 0.286. The van der Waals surface area contributed by atoms with Crippen molar-refractivity contribution in [1.29, 1.82) is 0 Å². The molecule has 0 unspecified atom stereocenters. The van der Waals surface area contributed by atoms with Gasteiger partial charge in [0.15, 0.2) is 11.5 Å². The minimum Gasteiger partial charge on any atom is -0.497 e. The number of hydrogen-bond donors (Lipinski definition) is 1. The number of nitrogens with one attached hydrogen (secondary N) is 1. The molecular formula is C21H21N3O5. The first-order valence-corrected chi connectivity index (χ1v) is 9.13. The summed E-state index contributed by atoms with van der Waals surface area (Å²) < 4.78 is 15.7. The van der Waals surface area contributed by atoms with Gasteiger partial charge in [-0.25, -0.2) is 0 Å². The molecule has 0 saturated carbocycles. The molecule has 0 radical (unpaired) electrons. The molecule has 2 heterocycles. The lowest BCUT2D eigenvalue weighted by molar-refractivity contribution is -0.131. The lowest BCUT2D eigenvalue weighted by Gasteiger charge is -2.28. The van der Waals surface area contributed by atoms with Crippen LogP contribution in [0.25, 0.3) is 0 Å². The molecule has 0 saturated heterocycles. The molecule has 0 aromatic heterocycles. The van der Waals surface area contributed by atoms with E-state index < -0.39 is 5.66 Å². The predicted molar refractivity (Wildman–Crippen MR) is 107 cm³/mol. The summed E-state index contributed by atoms with van der Waals surface area (Å²) in [6.07, 6.45) is 0. The summed E-state index contributed by atoms with van der Waals surface area (Å²) in [6, 6.07) is 12.2. The largest absolute Gasteiger partial charge is 0.497 e. The maximum Gasteiger partial charge on any atom is 0.275 e. The number of carbonyl (C=O) groups excluding carboxylic acids is 2. The van der Waals surface area contributed by atoms with Gasteiger partial charge < -0.3 is 24.4 Å². The van der Waals surface area contributed by atoms with Gasteiger partial charge in [0.2, 0.25) is 12.7 Å². The summed E-state index contributed by atoms with van der Waals surface area (Å²) in [7, 11) is 1.58. The van der Waals surface area contributed by atoms with Crippen molar-refractivity contribution in [2.24, 2.45) is 4.99 Å². The SMILES string of the molecule is COc1ccc(C2=NC(C)(C)N(CC(=O)Nc3ccc4c(c3)OCO4)C2=O)cc1. The predicted octanol–water partition coefficient (Wildman–Crippen LogP) is 2.43. The van der Waals surface area contributed by atoms with Gasteiger partial charge in [-0.1, -0.05) is 0 Å². The Bertz CT molecular complexity index is 998. The number of anilines is 1. The fourth-order valence-electron chi connectivity index (χ4n) is 3.28. The van der Waals surface area contributed by atoms with Crippen LogP contribution >= 0.6 is 0 Å². The van der Waals surface area contributed by atoms with Crippen LogP contribution in [0.5, 0.6) is 17.2 Å². The summed E-state index contributed by atoms with van der Waals surface area (Å²) in [6.45, 7) is 3.64. The van der Waals surface area contributed by atoms with Crippen molar-refractivity contribution in [3.8, 4) is 17.2 Å². The first kappa shape index (κ1) is 18.8. The average Bonchev–Trinajstić information content (AvgIpc) is 3.25. The highest BCUT2D eigenvalue weighted by Crippen LogP contribution is 2.34. The summed E-state index contributed by atoms with van der Waals surface area (Å²) >= 11 is 0. The zero-order valence-electron chi connectivity index (χ0n) is 16.4. The molecule has 0 aliphatic carbocycles. The van der Waals surface area contributed by atoms with Crippen LogP contribution in [0.2, 0.25) is 0 Å². The van der Waals surface area contributed by atoms with Crippen molar-refractivity contribution in [3.05, 3.63) is 48.0 Å². The van der Waals surface area contributed by atoms with Crippen LogP contribution in [-0.2, 0) is 9.59 Å². The second kappa shape index (κ2) is 7.12. The topological polar surface area (TPSA) is 89.5 Å². The van der Waals surface area contributed by atoms with Crippen molar-refractivity contribution in [2.75, 3.05) is 25.8 Å². The van der Waals surface area contributed by atoms with Gasteiger partial charge in [0, 0.05) is 17.3 Å². The van der Waals surface area contributed by atoms with Crippen LogP contribution in [0.3, 0.4) is 0 Å². The van der Waals surface area contributed by atoms with Crippen molar-refractivity contribution >= 4 is 23.2 Å². The number of rotatable bonds is 5. The number of methoxy groups -OCH3 is 1. The third kappa shape index (κ3) is 3.61. The number of aliphatic imine (C=N–C) groups is 1. The maximum atomic E-state index is 13.0. The van der Waals surface area contributed by atoms with Gasteiger partial charge in [-0.3, -0.25) is 14.6 Å². The van der Waals surface area contributed by atoms with Gasteiger partial charge in [0.25, 0.3) is 5.91 Å². The molecule has 0 bridgehead atoms. The Kier molecular flexibility index (Phi) is 4.62. The van der Waals surface area contributed by atoms with Crippen molar-refractivity contribution in [2.45, 2.75) is 19.5 Å².